The van der Waals surface area contributed by atoms with Gasteiger partial charge in [-0.2, -0.15) is 0 Å². The third kappa shape index (κ3) is 4.56. The molecule has 120 valence electrons. The average Bonchev–Trinajstić information content (AvgIpc) is 2.51. The van der Waals surface area contributed by atoms with E-state index in [2.05, 4.69) is 17.4 Å². The summed E-state index contributed by atoms with van der Waals surface area (Å²) in [4.78, 5) is 27.6. The van der Waals surface area contributed by atoms with Crippen molar-refractivity contribution in [1.82, 2.24) is 15.1 Å². The SMILES string of the molecule is CN(C)C(=O)CC1NCCN(CCCc2ccccc2)C1=O. The van der Waals surface area contributed by atoms with Gasteiger partial charge in [0.2, 0.25) is 11.8 Å². The van der Waals surface area contributed by atoms with Crippen molar-refractivity contribution >= 4 is 11.8 Å². The highest BCUT2D eigenvalue weighted by Gasteiger charge is 2.29. The molecule has 0 radical (unpaired) electrons. The fourth-order valence-corrected chi connectivity index (χ4v) is 2.65. The Bertz CT molecular complexity index is 502. The molecule has 1 atom stereocenters. The lowest BCUT2D eigenvalue weighted by Crippen LogP contribution is -2.56. The van der Waals surface area contributed by atoms with E-state index in [-0.39, 0.29) is 24.3 Å². The zero-order chi connectivity index (χ0) is 15.9. The number of nitrogens with one attached hydrogen (secondary N) is 1. The van der Waals surface area contributed by atoms with E-state index in [0.29, 0.717) is 0 Å². The molecule has 1 aliphatic rings. The molecule has 1 aromatic carbocycles. The monoisotopic (exact) mass is 303 g/mol. The quantitative estimate of drug-likeness (QED) is 0.849. The van der Waals surface area contributed by atoms with Crippen molar-refractivity contribution in [3.63, 3.8) is 0 Å². The molecule has 0 saturated carbocycles. The average molecular weight is 303 g/mol. The highest BCUT2D eigenvalue weighted by Crippen LogP contribution is 2.09. The van der Waals surface area contributed by atoms with Crippen LogP contribution in [0.3, 0.4) is 0 Å². The number of piperazine rings is 1. The summed E-state index contributed by atoms with van der Waals surface area (Å²) in [6.45, 7) is 2.23. The van der Waals surface area contributed by atoms with Crippen LogP contribution in [0.1, 0.15) is 18.4 Å². The minimum absolute atomic E-state index is 0.0167. The third-order valence-electron chi connectivity index (χ3n) is 4.00. The molecule has 1 heterocycles. The maximum absolute atomic E-state index is 12.4. The number of hydrogen-bond donors (Lipinski definition) is 1. The Labute approximate surface area is 132 Å². The Kier molecular flexibility index (Phi) is 5.95. The first-order valence-corrected chi connectivity index (χ1v) is 7.84. The van der Waals surface area contributed by atoms with Crippen LogP contribution in [0.4, 0.5) is 0 Å². The smallest absolute Gasteiger partial charge is 0.240 e. The molecule has 0 aliphatic carbocycles. The molecule has 1 fully saturated rings. The molecule has 22 heavy (non-hydrogen) atoms. The minimum Gasteiger partial charge on any atom is -0.349 e. The van der Waals surface area contributed by atoms with E-state index in [1.807, 2.05) is 23.1 Å². The highest BCUT2D eigenvalue weighted by atomic mass is 16.2. The van der Waals surface area contributed by atoms with Crippen LogP contribution in [0, 0.1) is 0 Å². The maximum Gasteiger partial charge on any atom is 0.240 e. The van der Waals surface area contributed by atoms with Crippen LogP contribution in [0.5, 0.6) is 0 Å². The topological polar surface area (TPSA) is 52.7 Å². The molecule has 0 bridgehead atoms. The molecular weight excluding hydrogens is 278 g/mol. The van der Waals surface area contributed by atoms with Gasteiger partial charge in [0, 0.05) is 33.7 Å². The van der Waals surface area contributed by atoms with Gasteiger partial charge in [-0.3, -0.25) is 9.59 Å². The summed E-state index contributed by atoms with van der Waals surface area (Å²) >= 11 is 0. The Hall–Kier alpha value is -1.88. The van der Waals surface area contributed by atoms with Gasteiger partial charge in [-0.15, -0.1) is 0 Å². The molecule has 5 nitrogen and oxygen atoms in total. The summed E-state index contributed by atoms with van der Waals surface area (Å²) in [5, 5.41) is 3.15. The van der Waals surface area contributed by atoms with E-state index in [0.717, 1.165) is 32.5 Å². The first kappa shape index (κ1) is 16.5. The van der Waals surface area contributed by atoms with Crippen molar-refractivity contribution in [2.75, 3.05) is 33.7 Å². The second-order valence-corrected chi connectivity index (χ2v) is 5.91. The zero-order valence-electron chi connectivity index (χ0n) is 13.4. The van der Waals surface area contributed by atoms with Gasteiger partial charge in [-0.25, -0.2) is 0 Å². The van der Waals surface area contributed by atoms with Crippen LogP contribution in [-0.2, 0) is 16.0 Å². The van der Waals surface area contributed by atoms with Gasteiger partial charge in [0.15, 0.2) is 0 Å². The van der Waals surface area contributed by atoms with Crippen LogP contribution in [0.25, 0.3) is 0 Å². The summed E-state index contributed by atoms with van der Waals surface area (Å²) in [6, 6.07) is 9.93. The van der Waals surface area contributed by atoms with E-state index in [1.54, 1.807) is 14.1 Å². The lowest BCUT2D eigenvalue weighted by molar-refractivity contribution is -0.140. The minimum atomic E-state index is -0.375. The van der Waals surface area contributed by atoms with Crippen molar-refractivity contribution in [1.29, 1.82) is 0 Å². The zero-order valence-corrected chi connectivity index (χ0v) is 13.4. The summed E-state index contributed by atoms with van der Waals surface area (Å²) < 4.78 is 0. The second kappa shape index (κ2) is 7.94. The number of aryl methyl sites for hydroxylation is 1. The van der Waals surface area contributed by atoms with Gasteiger partial charge < -0.3 is 15.1 Å². The van der Waals surface area contributed by atoms with E-state index in [9.17, 15) is 9.59 Å². The van der Waals surface area contributed by atoms with Crippen molar-refractivity contribution in [3.05, 3.63) is 35.9 Å². The Morgan fingerprint density at radius 3 is 2.73 bits per heavy atom. The van der Waals surface area contributed by atoms with Crippen molar-refractivity contribution < 1.29 is 9.59 Å². The molecule has 5 heteroatoms. The summed E-state index contributed by atoms with van der Waals surface area (Å²) in [5.74, 6) is 0.0338. The van der Waals surface area contributed by atoms with E-state index >= 15 is 0 Å². The lowest BCUT2D eigenvalue weighted by Gasteiger charge is -2.33. The molecule has 2 amide bonds. The number of amides is 2. The number of carbonyl (C=O) groups is 2. The third-order valence-corrected chi connectivity index (χ3v) is 4.00. The van der Waals surface area contributed by atoms with Gasteiger partial charge in [-0.05, 0) is 18.4 Å². The van der Waals surface area contributed by atoms with Gasteiger partial charge in [0.25, 0.3) is 0 Å². The normalized spacial score (nSPS) is 18.4. The Morgan fingerprint density at radius 1 is 1.32 bits per heavy atom. The second-order valence-electron chi connectivity index (χ2n) is 5.91. The fraction of sp³-hybridized carbons (Fsp3) is 0.529. The molecule has 1 saturated heterocycles. The molecule has 1 unspecified atom stereocenters. The predicted molar refractivity (Wildman–Crippen MR) is 86.4 cm³/mol. The first-order chi connectivity index (χ1) is 10.6. The summed E-state index contributed by atoms with van der Waals surface area (Å²) in [7, 11) is 3.43. The van der Waals surface area contributed by atoms with Crippen LogP contribution in [-0.4, -0.2) is 61.4 Å². The number of nitrogens with zero attached hydrogens (tertiary/aromatic N) is 2. The molecule has 1 N–H and O–H groups in total. The number of hydrogen-bond acceptors (Lipinski definition) is 3. The highest BCUT2D eigenvalue weighted by molar-refractivity contribution is 5.88. The number of rotatable bonds is 6. The first-order valence-electron chi connectivity index (χ1n) is 7.84. The van der Waals surface area contributed by atoms with Crippen molar-refractivity contribution in [2.24, 2.45) is 0 Å². The van der Waals surface area contributed by atoms with Gasteiger partial charge in [-0.1, -0.05) is 30.3 Å². The number of benzene rings is 1. The van der Waals surface area contributed by atoms with Crippen LogP contribution < -0.4 is 5.32 Å². The van der Waals surface area contributed by atoms with Crippen LogP contribution in [0.15, 0.2) is 30.3 Å². The molecule has 0 aromatic heterocycles. The maximum atomic E-state index is 12.4. The molecule has 0 spiro atoms. The van der Waals surface area contributed by atoms with Crippen LogP contribution >= 0.6 is 0 Å². The van der Waals surface area contributed by atoms with Crippen LogP contribution in [0.2, 0.25) is 0 Å². The molecule has 1 aliphatic heterocycles. The molecule has 2 rings (SSSR count). The predicted octanol–water partition coefficient (Wildman–Crippen LogP) is 0.898. The lowest BCUT2D eigenvalue weighted by atomic mass is 10.1. The van der Waals surface area contributed by atoms with Crippen molar-refractivity contribution in [3.8, 4) is 0 Å². The van der Waals surface area contributed by atoms with Gasteiger partial charge in [0.05, 0.1) is 12.5 Å². The standard InChI is InChI=1S/C17H25N3O2/c1-19(2)16(21)13-15-17(22)20(12-10-18-15)11-6-9-14-7-4-3-5-8-14/h3-5,7-8,15,18H,6,9-13H2,1-2H3. The summed E-state index contributed by atoms with van der Waals surface area (Å²) in [6.07, 6.45) is 2.16. The molecular formula is C17H25N3O2. The fourth-order valence-electron chi connectivity index (χ4n) is 2.65. The largest absolute Gasteiger partial charge is 0.349 e. The van der Waals surface area contributed by atoms with Gasteiger partial charge in [0.1, 0.15) is 0 Å². The van der Waals surface area contributed by atoms with E-state index < -0.39 is 0 Å². The summed E-state index contributed by atoms with van der Waals surface area (Å²) in [5.41, 5.74) is 1.30. The van der Waals surface area contributed by atoms with E-state index in [1.165, 1.54) is 10.5 Å². The number of carbonyl (C=O) groups excluding carboxylic acids is 2. The van der Waals surface area contributed by atoms with Crippen molar-refractivity contribution in [2.45, 2.75) is 25.3 Å². The van der Waals surface area contributed by atoms with E-state index in [4.69, 9.17) is 0 Å². The Morgan fingerprint density at radius 2 is 2.05 bits per heavy atom. The van der Waals surface area contributed by atoms with Gasteiger partial charge >= 0.3 is 0 Å². The molecule has 1 aromatic rings. The Balaban J connectivity index is 1.81.